The van der Waals surface area contributed by atoms with Crippen molar-refractivity contribution < 1.29 is 19.1 Å². The van der Waals surface area contributed by atoms with E-state index >= 15 is 0 Å². The summed E-state index contributed by atoms with van der Waals surface area (Å²) in [4.78, 5) is 39.1. The minimum Gasteiger partial charge on any atom is -0.349 e. The van der Waals surface area contributed by atoms with Crippen molar-refractivity contribution in [2.75, 3.05) is 0 Å². The van der Waals surface area contributed by atoms with Crippen LogP contribution in [-0.4, -0.2) is 21.5 Å². The molecule has 1 unspecified atom stereocenters. The third-order valence-electron chi connectivity index (χ3n) is 2.24. The van der Waals surface area contributed by atoms with Gasteiger partial charge >= 0.3 is 7.60 Å². The predicted molar refractivity (Wildman–Crippen MR) is 64.7 cm³/mol. The average Bonchev–Trinajstić information content (AvgIpc) is 2.27. The van der Waals surface area contributed by atoms with Gasteiger partial charge in [-0.2, -0.15) is 0 Å². The molecular formula is C10H13N2O5P. The van der Waals surface area contributed by atoms with Gasteiger partial charge in [-0.15, -0.1) is 4.91 Å². The molecule has 7 nitrogen and oxygen atoms in total. The van der Waals surface area contributed by atoms with Gasteiger partial charge in [0.25, 0.3) is 11.7 Å². The first kappa shape index (κ1) is 14.5. The van der Waals surface area contributed by atoms with Crippen molar-refractivity contribution in [1.82, 2.24) is 5.32 Å². The zero-order valence-electron chi connectivity index (χ0n) is 9.61. The molecule has 0 fully saturated rings. The fraction of sp³-hybridized carbons (Fsp3) is 0.300. The Hall–Kier alpha value is -1.56. The number of carbonyl (C=O) groups is 1. The number of aryl methyl sites for hydroxylation is 1. The van der Waals surface area contributed by atoms with E-state index in [1.807, 2.05) is 19.1 Å². The first-order valence-electron chi connectivity index (χ1n) is 5.05. The van der Waals surface area contributed by atoms with Crippen molar-refractivity contribution in [3.05, 3.63) is 40.3 Å². The van der Waals surface area contributed by atoms with Crippen molar-refractivity contribution in [3.63, 3.8) is 0 Å². The highest BCUT2D eigenvalue weighted by atomic mass is 31.2. The number of rotatable bonds is 5. The first-order valence-corrected chi connectivity index (χ1v) is 6.73. The minimum atomic E-state index is -4.85. The Labute approximate surface area is 103 Å². The maximum Gasteiger partial charge on any atom is 0.363 e. The van der Waals surface area contributed by atoms with Crippen LogP contribution in [0.1, 0.15) is 11.1 Å². The lowest BCUT2D eigenvalue weighted by Gasteiger charge is -2.11. The van der Waals surface area contributed by atoms with Crippen LogP contribution < -0.4 is 5.32 Å². The van der Waals surface area contributed by atoms with Gasteiger partial charge in [0.1, 0.15) is 0 Å². The Bertz CT molecular complexity index is 482. The lowest BCUT2D eigenvalue weighted by molar-refractivity contribution is -0.121. The third-order valence-corrected chi connectivity index (χ3v) is 3.21. The smallest absolute Gasteiger partial charge is 0.349 e. The monoisotopic (exact) mass is 272 g/mol. The Morgan fingerprint density at radius 2 is 1.94 bits per heavy atom. The van der Waals surface area contributed by atoms with Crippen LogP contribution in [0, 0.1) is 11.8 Å². The van der Waals surface area contributed by atoms with Crippen molar-refractivity contribution in [3.8, 4) is 0 Å². The molecule has 0 aliphatic rings. The first-order chi connectivity index (χ1) is 8.34. The van der Waals surface area contributed by atoms with Gasteiger partial charge in [-0.3, -0.25) is 9.36 Å². The quantitative estimate of drug-likeness (QED) is 0.543. The highest BCUT2D eigenvalue weighted by Crippen LogP contribution is 2.41. The molecule has 0 spiro atoms. The van der Waals surface area contributed by atoms with Gasteiger partial charge in [-0.25, -0.2) is 0 Å². The molecule has 0 heterocycles. The minimum absolute atomic E-state index is 0.0745. The van der Waals surface area contributed by atoms with Crippen LogP contribution in [0.15, 0.2) is 29.4 Å². The normalized spacial score (nSPS) is 12.8. The molecule has 1 amide bonds. The van der Waals surface area contributed by atoms with Crippen LogP contribution in [0.2, 0.25) is 0 Å². The zero-order chi connectivity index (χ0) is 13.8. The highest BCUT2D eigenvalue weighted by molar-refractivity contribution is 7.53. The van der Waals surface area contributed by atoms with E-state index in [4.69, 9.17) is 9.79 Å². The largest absolute Gasteiger partial charge is 0.363 e. The second-order valence-corrected chi connectivity index (χ2v) is 5.44. The molecule has 0 saturated carbocycles. The molecule has 3 N–H and O–H groups in total. The topological polar surface area (TPSA) is 116 Å². The summed E-state index contributed by atoms with van der Waals surface area (Å²) in [6, 6.07) is 7.19. The van der Waals surface area contributed by atoms with E-state index in [2.05, 4.69) is 10.5 Å². The Kier molecular flexibility index (Phi) is 4.72. The fourth-order valence-corrected chi connectivity index (χ4v) is 1.77. The maximum absolute atomic E-state index is 11.4. The van der Waals surface area contributed by atoms with Gasteiger partial charge < -0.3 is 15.1 Å². The SMILES string of the molecule is Cc1ccc(CNC(=O)C(N=O)P(=O)(O)O)cc1. The van der Waals surface area contributed by atoms with E-state index in [0.29, 0.717) is 0 Å². The van der Waals surface area contributed by atoms with Crippen molar-refractivity contribution in [2.45, 2.75) is 19.3 Å². The maximum atomic E-state index is 11.4. The Morgan fingerprint density at radius 3 is 2.39 bits per heavy atom. The van der Waals surface area contributed by atoms with Gasteiger partial charge in [0.15, 0.2) is 0 Å². The van der Waals surface area contributed by atoms with E-state index in [1.165, 1.54) is 0 Å². The van der Waals surface area contributed by atoms with Gasteiger partial charge in [0, 0.05) is 6.54 Å². The van der Waals surface area contributed by atoms with Crippen LogP contribution in [0.25, 0.3) is 0 Å². The summed E-state index contributed by atoms with van der Waals surface area (Å²) in [7, 11) is -4.85. The molecular weight excluding hydrogens is 259 g/mol. The molecule has 1 aromatic carbocycles. The van der Waals surface area contributed by atoms with Gasteiger partial charge in [-0.05, 0) is 17.7 Å². The number of carbonyl (C=O) groups excluding carboxylic acids is 1. The van der Waals surface area contributed by atoms with E-state index < -0.39 is 19.3 Å². The molecule has 18 heavy (non-hydrogen) atoms. The van der Waals surface area contributed by atoms with E-state index in [9.17, 15) is 14.3 Å². The van der Waals surface area contributed by atoms with Crippen LogP contribution in [0.5, 0.6) is 0 Å². The lowest BCUT2D eigenvalue weighted by Crippen LogP contribution is -2.32. The van der Waals surface area contributed by atoms with Crippen molar-refractivity contribution in [2.24, 2.45) is 5.18 Å². The third kappa shape index (κ3) is 4.03. The number of hydrogen-bond acceptors (Lipinski definition) is 4. The van der Waals surface area contributed by atoms with E-state index in [1.54, 1.807) is 12.1 Å². The summed E-state index contributed by atoms with van der Waals surface area (Å²) in [5.74, 6) is -3.28. The van der Waals surface area contributed by atoms with Crippen molar-refractivity contribution >= 4 is 13.5 Å². The number of hydrogen-bond donors (Lipinski definition) is 3. The summed E-state index contributed by atoms with van der Waals surface area (Å²) >= 11 is 0. The van der Waals surface area contributed by atoms with Gasteiger partial charge in [0.05, 0.1) is 0 Å². The van der Waals surface area contributed by atoms with E-state index in [0.717, 1.165) is 11.1 Å². The molecule has 0 aliphatic carbocycles. The van der Waals surface area contributed by atoms with E-state index in [-0.39, 0.29) is 6.54 Å². The molecule has 1 rings (SSSR count). The summed E-state index contributed by atoms with van der Waals surface area (Å²) < 4.78 is 10.8. The Morgan fingerprint density at radius 1 is 1.39 bits per heavy atom. The number of amides is 1. The zero-order valence-corrected chi connectivity index (χ0v) is 10.5. The lowest BCUT2D eigenvalue weighted by atomic mass is 10.1. The Balaban J connectivity index is 2.63. The molecule has 0 aliphatic heterocycles. The molecule has 1 atom stereocenters. The predicted octanol–water partition coefficient (Wildman–Crippen LogP) is 0.881. The number of nitrogens with one attached hydrogen (secondary N) is 1. The average molecular weight is 272 g/mol. The van der Waals surface area contributed by atoms with Crippen LogP contribution in [0.4, 0.5) is 0 Å². The number of nitroso groups, excluding NO2 is 1. The van der Waals surface area contributed by atoms with Gasteiger partial charge in [-0.1, -0.05) is 29.8 Å². The van der Waals surface area contributed by atoms with Crippen molar-refractivity contribution in [1.29, 1.82) is 0 Å². The number of benzene rings is 1. The van der Waals surface area contributed by atoms with Crippen LogP contribution >= 0.6 is 7.60 Å². The number of nitrogens with zero attached hydrogens (tertiary/aromatic N) is 1. The summed E-state index contributed by atoms with van der Waals surface area (Å²) in [6.45, 7) is 1.98. The molecule has 8 heteroatoms. The molecule has 0 radical (unpaired) electrons. The fourth-order valence-electron chi connectivity index (χ4n) is 1.25. The second-order valence-electron chi connectivity index (χ2n) is 3.77. The second kappa shape index (κ2) is 5.86. The highest BCUT2D eigenvalue weighted by Gasteiger charge is 2.37. The molecule has 0 bridgehead atoms. The summed E-state index contributed by atoms with van der Waals surface area (Å²) in [5.41, 5.74) is 1.80. The standard InChI is InChI=1S/C10H13N2O5P/c1-7-2-4-8(5-3-7)6-11-9(13)10(12-14)18(15,16)17/h2-5,10H,6H2,1H3,(H,11,13)(H2,15,16,17). The molecule has 0 saturated heterocycles. The van der Waals surface area contributed by atoms with Gasteiger partial charge in [0.2, 0.25) is 0 Å². The van der Waals surface area contributed by atoms with Crippen LogP contribution in [-0.2, 0) is 15.9 Å². The summed E-state index contributed by atoms with van der Waals surface area (Å²) in [6.07, 6.45) is 0. The molecule has 0 aromatic heterocycles. The summed E-state index contributed by atoms with van der Waals surface area (Å²) in [5, 5.41) is 4.41. The van der Waals surface area contributed by atoms with Crippen LogP contribution in [0.3, 0.4) is 0 Å². The molecule has 98 valence electrons. The molecule has 1 aromatic rings.